The van der Waals surface area contributed by atoms with Crippen LogP contribution in [0.5, 0.6) is 0 Å². The number of halogens is 4. The molecule has 0 amide bonds. The zero-order valence-corrected chi connectivity index (χ0v) is 11.4. The molecule has 104 valence electrons. The number of aliphatic carboxylic acids is 1. The fourth-order valence-corrected chi connectivity index (χ4v) is 1.78. The Bertz CT molecular complexity index is 509. The SMILES string of the molecule is CC(Br)C(=O)c1ccc(C(F)(F)F)cc1CC(=O)O. The van der Waals surface area contributed by atoms with Crippen LogP contribution in [0.2, 0.25) is 0 Å². The van der Waals surface area contributed by atoms with Crippen molar-refractivity contribution in [2.75, 3.05) is 0 Å². The van der Waals surface area contributed by atoms with E-state index in [0.717, 1.165) is 12.1 Å². The molecule has 0 saturated carbocycles. The second-order valence-corrected chi connectivity index (χ2v) is 5.29. The first kappa shape index (κ1) is 15.7. The van der Waals surface area contributed by atoms with Gasteiger partial charge in [-0.15, -0.1) is 0 Å². The summed E-state index contributed by atoms with van der Waals surface area (Å²) >= 11 is 3.02. The Morgan fingerprint density at radius 3 is 2.37 bits per heavy atom. The molecule has 19 heavy (non-hydrogen) atoms. The van der Waals surface area contributed by atoms with Crippen molar-refractivity contribution in [3.8, 4) is 0 Å². The van der Waals surface area contributed by atoms with E-state index >= 15 is 0 Å². The molecule has 0 radical (unpaired) electrons. The molecule has 1 unspecified atom stereocenters. The van der Waals surface area contributed by atoms with Crippen molar-refractivity contribution < 1.29 is 27.9 Å². The normalized spacial score (nSPS) is 13.1. The molecule has 1 aromatic rings. The lowest BCUT2D eigenvalue weighted by Gasteiger charge is -2.12. The van der Waals surface area contributed by atoms with Gasteiger partial charge in [-0.25, -0.2) is 0 Å². The third-order valence-corrected chi connectivity index (χ3v) is 2.82. The monoisotopic (exact) mass is 338 g/mol. The maximum atomic E-state index is 12.6. The summed E-state index contributed by atoms with van der Waals surface area (Å²) in [5, 5.41) is 8.70. The predicted molar refractivity (Wildman–Crippen MR) is 65.5 cm³/mol. The third kappa shape index (κ3) is 4.05. The lowest BCUT2D eigenvalue weighted by molar-refractivity contribution is -0.138. The summed E-state index contributed by atoms with van der Waals surface area (Å²) in [6.45, 7) is 1.52. The first-order chi connectivity index (χ1) is 8.62. The number of Topliss-reactive ketones (excluding diaryl/α,β-unsaturated/α-hetero) is 1. The summed E-state index contributed by atoms with van der Waals surface area (Å²) in [5.41, 5.74) is -1.12. The highest BCUT2D eigenvalue weighted by Crippen LogP contribution is 2.31. The highest BCUT2D eigenvalue weighted by Gasteiger charge is 2.32. The van der Waals surface area contributed by atoms with Crippen LogP contribution >= 0.6 is 15.9 Å². The quantitative estimate of drug-likeness (QED) is 0.677. The zero-order chi connectivity index (χ0) is 14.8. The zero-order valence-electron chi connectivity index (χ0n) is 9.79. The number of carboxylic acid groups (broad SMARTS) is 1. The number of ketones is 1. The number of hydrogen-bond acceptors (Lipinski definition) is 2. The predicted octanol–water partition coefficient (Wildman–Crippen LogP) is 3.30. The molecule has 0 saturated heterocycles. The molecule has 0 bridgehead atoms. The molecule has 1 rings (SSSR count). The van der Waals surface area contributed by atoms with Crippen LogP contribution in [0.1, 0.15) is 28.4 Å². The fraction of sp³-hybridized carbons (Fsp3) is 0.333. The van der Waals surface area contributed by atoms with E-state index in [0.29, 0.717) is 6.07 Å². The van der Waals surface area contributed by atoms with E-state index in [1.807, 2.05) is 0 Å². The molecule has 0 fully saturated rings. The highest BCUT2D eigenvalue weighted by molar-refractivity contribution is 9.10. The molecule has 1 atom stereocenters. The van der Waals surface area contributed by atoms with Gasteiger partial charge in [0, 0.05) is 5.56 Å². The van der Waals surface area contributed by atoms with Crippen LogP contribution in [-0.2, 0) is 17.4 Å². The number of alkyl halides is 4. The number of benzene rings is 1. The van der Waals surface area contributed by atoms with Crippen molar-refractivity contribution in [1.82, 2.24) is 0 Å². The molecule has 7 heteroatoms. The number of hydrogen-bond donors (Lipinski definition) is 1. The maximum absolute atomic E-state index is 12.6. The Morgan fingerprint density at radius 2 is 1.95 bits per heavy atom. The first-order valence-electron chi connectivity index (χ1n) is 5.23. The molecule has 0 aliphatic carbocycles. The molecule has 0 heterocycles. The van der Waals surface area contributed by atoms with E-state index in [4.69, 9.17) is 5.11 Å². The number of carboxylic acids is 1. The minimum Gasteiger partial charge on any atom is -0.481 e. The number of carbonyl (C=O) groups is 2. The van der Waals surface area contributed by atoms with Gasteiger partial charge in [0.2, 0.25) is 0 Å². The summed E-state index contributed by atoms with van der Waals surface area (Å²) in [4.78, 5) is 21.9. The molecular formula is C12H10BrF3O3. The van der Waals surface area contributed by atoms with Crippen LogP contribution in [0, 0.1) is 0 Å². The van der Waals surface area contributed by atoms with Crippen LogP contribution in [0.25, 0.3) is 0 Å². The van der Waals surface area contributed by atoms with Gasteiger partial charge in [-0.3, -0.25) is 9.59 Å². The largest absolute Gasteiger partial charge is 0.481 e. The van der Waals surface area contributed by atoms with Gasteiger partial charge in [0.05, 0.1) is 16.8 Å². The Balaban J connectivity index is 3.32. The van der Waals surface area contributed by atoms with Crippen LogP contribution in [0.3, 0.4) is 0 Å². The van der Waals surface area contributed by atoms with Crippen molar-refractivity contribution in [3.05, 3.63) is 34.9 Å². The van der Waals surface area contributed by atoms with E-state index in [1.165, 1.54) is 6.92 Å². The fourth-order valence-electron chi connectivity index (χ4n) is 1.53. The minimum atomic E-state index is -4.57. The lowest BCUT2D eigenvalue weighted by Crippen LogP contribution is -2.16. The average Bonchev–Trinajstić information content (AvgIpc) is 2.25. The highest BCUT2D eigenvalue weighted by atomic mass is 79.9. The summed E-state index contributed by atoms with van der Waals surface area (Å²) in [7, 11) is 0. The van der Waals surface area contributed by atoms with Crippen molar-refractivity contribution in [2.24, 2.45) is 0 Å². The van der Waals surface area contributed by atoms with Gasteiger partial charge >= 0.3 is 12.1 Å². The van der Waals surface area contributed by atoms with E-state index in [9.17, 15) is 22.8 Å². The van der Waals surface area contributed by atoms with Crippen LogP contribution < -0.4 is 0 Å². The Kier molecular flexibility index (Phi) is 4.73. The van der Waals surface area contributed by atoms with Gasteiger partial charge in [0.1, 0.15) is 0 Å². The molecule has 3 nitrogen and oxygen atoms in total. The van der Waals surface area contributed by atoms with Crippen molar-refractivity contribution >= 4 is 27.7 Å². The van der Waals surface area contributed by atoms with E-state index in [2.05, 4.69) is 15.9 Å². The van der Waals surface area contributed by atoms with E-state index < -0.39 is 34.7 Å². The van der Waals surface area contributed by atoms with Gasteiger partial charge in [0.15, 0.2) is 5.78 Å². The topological polar surface area (TPSA) is 54.4 Å². The maximum Gasteiger partial charge on any atom is 0.416 e. The van der Waals surface area contributed by atoms with Crippen molar-refractivity contribution in [1.29, 1.82) is 0 Å². The second-order valence-electron chi connectivity index (χ2n) is 3.92. The number of carbonyl (C=O) groups excluding carboxylic acids is 1. The number of rotatable bonds is 4. The Morgan fingerprint density at radius 1 is 1.37 bits per heavy atom. The molecule has 0 spiro atoms. The molecule has 1 aromatic carbocycles. The molecule has 1 N–H and O–H groups in total. The standard InChI is InChI=1S/C12H10BrF3O3/c1-6(13)11(19)9-3-2-8(12(14,15)16)4-7(9)5-10(17)18/h2-4,6H,5H2,1H3,(H,17,18). The van der Waals surface area contributed by atoms with Gasteiger partial charge in [0.25, 0.3) is 0 Å². The summed E-state index contributed by atoms with van der Waals surface area (Å²) in [5.74, 6) is -1.75. The second kappa shape index (κ2) is 5.73. The van der Waals surface area contributed by atoms with Crippen LogP contribution in [0.4, 0.5) is 13.2 Å². The minimum absolute atomic E-state index is 0.0141. The molecule has 0 aliphatic rings. The Labute approximate surface area is 115 Å². The van der Waals surface area contributed by atoms with Gasteiger partial charge < -0.3 is 5.11 Å². The lowest BCUT2D eigenvalue weighted by atomic mass is 9.97. The summed E-state index contributed by atoms with van der Waals surface area (Å²) in [6, 6.07) is 2.49. The van der Waals surface area contributed by atoms with Crippen molar-refractivity contribution in [2.45, 2.75) is 24.3 Å². The summed E-state index contributed by atoms with van der Waals surface area (Å²) in [6.07, 6.45) is -5.21. The van der Waals surface area contributed by atoms with Gasteiger partial charge in [-0.2, -0.15) is 13.2 Å². The molecule has 0 aliphatic heterocycles. The van der Waals surface area contributed by atoms with Gasteiger partial charge in [-0.05, 0) is 24.6 Å². The van der Waals surface area contributed by atoms with Gasteiger partial charge in [-0.1, -0.05) is 22.0 Å². The smallest absolute Gasteiger partial charge is 0.416 e. The van der Waals surface area contributed by atoms with E-state index in [1.54, 1.807) is 0 Å². The van der Waals surface area contributed by atoms with Crippen LogP contribution in [-0.4, -0.2) is 21.7 Å². The first-order valence-corrected chi connectivity index (χ1v) is 6.14. The summed E-state index contributed by atoms with van der Waals surface area (Å²) < 4.78 is 37.7. The third-order valence-electron chi connectivity index (χ3n) is 2.40. The van der Waals surface area contributed by atoms with Crippen LogP contribution in [0.15, 0.2) is 18.2 Å². The van der Waals surface area contributed by atoms with Crippen molar-refractivity contribution in [3.63, 3.8) is 0 Å². The average molecular weight is 339 g/mol. The Hall–Kier alpha value is -1.37. The molecular weight excluding hydrogens is 329 g/mol. The molecule has 0 aromatic heterocycles. The van der Waals surface area contributed by atoms with E-state index in [-0.39, 0.29) is 11.1 Å².